The summed E-state index contributed by atoms with van der Waals surface area (Å²) in [7, 11) is 5.17. The highest BCUT2D eigenvalue weighted by atomic mass is 15.5. The standard InChI is InChI=1S/C5H11BN2/c1-5-2-3-8(4-5)7-6/h5,7H,2-4H2,1H3. The first-order valence-electron chi connectivity index (χ1n) is 3.04. The summed E-state index contributed by atoms with van der Waals surface area (Å²) >= 11 is 0. The van der Waals surface area contributed by atoms with E-state index < -0.39 is 0 Å². The smallest absolute Gasteiger partial charge is 0.202 e. The van der Waals surface area contributed by atoms with Gasteiger partial charge >= 0.3 is 0 Å². The lowest BCUT2D eigenvalue weighted by Gasteiger charge is -2.12. The van der Waals surface area contributed by atoms with E-state index in [1.807, 2.05) is 5.01 Å². The van der Waals surface area contributed by atoms with Gasteiger partial charge < -0.3 is 5.34 Å². The minimum Gasteiger partial charge on any atom is -0.308 e. The maximum atomic E-state index is 5.17. The fraction of sp³-hybridized carbons (Fsp3) is 1.00. The first kappa shape index (κ1) is 6.11. The van der Waals surface area contributed by atoms with Crippen LogP contribution in [-0.2, 0) is 0 Å². The number of nitrogens with zero attached hydrogens (tertiary/aromatic N) is 1. The zero-order chi connectivity index (χ0) is 5.98. The summed E-state index contributed by atoms with van der Waals surface area (Å²) in [6, 6.07) is 0. The summed E-state index contributed by atoms with van der Waals surface area (Å²) in [5.41, 5.74) is 0. The van der Waals surface area contributed by atoms with Crippen molar-refractivity contribution in [2.45, 2.75) is 13.3 Å². The van der Waals surface area contributed by atoms with E-state index in [1.54, 1.807) is 0 Å². The monoisotopic (exact) mass is 110 g/mol. The third-order valence-corrected chi connectivity index (χ3v) is 1.61. The zero-order valence-corrected chi connectivity index (χ0v) is 5.22. The van der Waals surface area contributed by atoms with Gasteiger partial charge in [0.2, 0.25) is 7.98 Å². The molecule has 8 heavy (non-hydrogen) atoms. The third-order valence-electron chi connectivity index (χ3n) is 1.61. The molecular weight excluding hydrogens is 98.9 g/mol. The lowest BCUT2D eigenvalue weighted by Crippen LogP contribution is -2.33. The van der Waals surface area contributed by atoms with Gasteiger partial charge in [0.15, 0.2) is 0 Å². The summed E-state index contributed by atoms with van der Waals surface area (Å²) in [6.45, 7) is 4.42. The Labute approximate surface area is 51.6 Å². The van der Waals surface area contributed by atoms with Gasteiger partial charge in [-0.05, 0) is 12.3 Å². The van der Waals surface area contributed by atoms with Crippen molar-refractivity contribution in [3.63, 3.8) is 0 Å². The maximum absolute atomic E-state index is 5.17. The van der Waals surface area contributed by atoms with Gasteiger partial charge in [-0.1, -0.05) is 6.92 Å². The third kappa shape index (κ3) is 1.23. The maximum Gasteiger partial charge on any atom is 0.202 e. The summed E-state index contributed by atoms with van der Waals surface area (Å²) in [5, 5.41) is 4.66. The van der Waals surface area contributed by atoms with Crippen LogP contribution in [0.4, 0.5) is 0 Å². The summed E-state index contributed by atoms with van der Waals surface area (Å²) in [4.78, 5) is 0. The van der Waals surface area contributed by atoms with E-state index in [-0.39, 0.29) is 0 Å². The van der Waals surface area contributed by atoms with E-state index in [9.17, 15) is 0 Å². The summed E-state index contributed by atoms with van der Waals surface area (Å²) in [6.07, 6.45) is 1.27. The van der Waals surface area contributed by atoms with Crippen molar-refractivity contribution in [3.8, 4) is 0 Å². The van der Waals surface area contributed by atoms with E-state index in [2.05, 4.69) is 12.3 Å². The molecule has 0 bridgehead atoms. The van der Waals surface area contributed by atoms with Crippen LogP contribution >= 0.6 is 0 Å². The average Bonchev–Trinajstić information content (AvgIpc) is 2.14. The van der Waals surface area contributed by atoms with Crippen molar-refractivity contribution in [1.82, 2.24) is 10.3 Å². The van der Waals surface area contributed by atoms with E-state index in [1.165, 1.54) is 6.42 Å². The van der Waals surface area contributed by atoms with Gasteiger partial charge in [-0.15, -0.1) is 0 Å². The van der Waals surface area contributed by atoms with Crippen LogP contribution in [0.25, 0.3) is 0 Å². The second-order valence-electron chi connectivity index (χ2n) is 2.47. The average molecular weight is 110 g/mol. The Morgan fingerprint density at radius 1 is 1.75 bits per heavy atom. The molecule has 1 N–H and O–H groups in total. The first-order chi connectivity index (χ1) is 3.83. The highest BCUT2D eigenvalue weighted by Crippen LogP contribution is 2.11. The van der Waals surface area contributed by atoms with E-state index >= 15 is 0 Å². The zero-order valence-electron chi connectivity index (χ0n) is 5.22. The van der Waals surface area contributed by atoms with Crippen LogP contribution in [0, 0.1) is 5.92 Å². The van der Waals surface area contributed by atoms with Crippen molar-refractivity contribution in [1.29, 1.82) is 0 Å². The molecule has 1 aliphatic rings. The quantitative estimate of drug-likeness (QED) is 0.475. The molecule has 0 aromatic heterocycles. The van der Waals surface area contributed by atoms with Gasteiger partial charge in [-0.3, -0.25) is 5.01 Å². The van der Waals surface area contributed by atoms with Crippen LogP contribution in [0.2, 0.25) is 0 Å². The highest BCUT2D eigenvalue weighted by Gasteiger charge is 2.15. The number of hydrazine groups is 1. The van der Waals surface area contributed by atoms with E-state index in [4.69, 9.17) is 7.98 Å². The van der Waals surface area contributed by atoms with Crippen LogP contribution in [0.15, 0.2) is 0 Å². The molecule has 44 valence electrons. The lowest BCUT2D eigenvalue weighted by molar-refractivity contribution is 0.298. The number of nitrogens with one attached hydrogen (secondary N) is 1. The minimum absolute atomic E-state index is 0.811. The Hall–Kier alpha value is -0.0151. The van der Waals surface area contributed by atoms with Crippen molar-refractivity contribution < 1.29 is 0 Å². The van der Waals surface area contributed by atoms with Crippen LogP contribution in [0.5, 0.6) is 0 Å². The molecule has 1 saturated heterocycles. The van der Waals surface area contributed by atoms with Crippen molar-refractivity contribution >= 4 is 7.98 Å². The second-order valence-corrected chi connectivity index (χ2v) is 2.47. The fourth-order valence-electron chi connectivity index (χ4n) is 1.05. The molecule has 0 aliphatic carbocycles. The number of hydrogen-bond acceptors (Lipinski definition) is 2. The molecule has 1 aliphatic heterocycles. The summed E-state index contributed by atoms with van der Waals surface area (Å²) in [5.74, 6) is 0.811. The molecule has 0 aromatic rings. The first-order valence-corrected chi connectivity index (χ1v) is 3.04. The van der Waals surface area contributed by atoms with Crippen LogP contribution in [-0.4, -0.2) is 26.1 Å². The molecule has 1 rings (SSSR count). The van der Waals surface area contributed by atoms with E-state index in [0.717, 1.165) is 19.0 Å². The molecule has 1 fully saturated rings. The van der Waals surface area contributed by atoms with Gasteiger partial charge in [0.05, 0.1) is 0 Å². The predicted octanol–water partition coefficient (Wildman–Crippen LogP) is -0.0837. The van der Waals surface area contributed by atoms with Gasteiger partial charge in [0, 0.05) is 13.1 Å². The van der Waals surface area contributed by atoms with E-state index in [0.29, 0.717) is 0 Å². The molecule has 0 amide bonds. The lowest BCUT2D eigenvalue weighted by atomic mass is 10.2. The Morgan fingerprint density at radius 2 is 2.50 bits per heavy atom. The van der Waals surface area contributed by atoms with Gasteiger partial charge in [0.25, 0.3) is 0 Å². The molecule has 1 atom stereocenters. The van der Waals surface area contributed by atoms with Crippen LogP contribution in [0.1, 0.15) is 13.3 Å². The Kier molecular flexibility index (Phi) is 1.92. The van der Waals surface area contributed by atoms with Gasteiger partial charge in [0.1, 0.15) is 0 Å². The van der Waals surface area contributed by atoms with Gasteiger partial charge in [-0.2, -0.15) is 0 Å². The fourth-order valence-corrected chi connectivity index (χ4v) is 1.05. The molecule has 0 saturated carbocycles. The van der Waals surface area contributed by atoms with Crippen LogP contribution in [0.3, 0.4) is 0 Å². The highest BCUT2D eigenvalue weighted by molar-refractivity contribution is 6.03. The van der Waals surface area contributed by atoms with Crippen molar-refractivity contribution in [2.24, 2.45) is 5.92 Å². The molecule has 0 aromatic carbocycles. The Bertz CT molecular complexity index is 76.8. The number of rotatable bonds is 1. The normalized spacial score (nSPS) is 31.4. The van der Waals surface area contributed by atoms with Crippen molar-refractivity contribution in [3.05, 3.63) is 0 Å². The topological polar surface area (TPSA) is 15.3 Å². The number of hydrogen-bond donors (Lipinski definition) is 1. The molecule has 2 nitrogen and oxygen atoms in total. The molecule has 1 heterocycles. The SMILES string of the molecule is [B]NN1CCC(C)C1. The molecular formula is C5H11BN2. The van der Waals surface area contributed by atoms with Gasteiger partial charge in [-0.25, -0.2) is 0 Å². The predicted molar refractivity (Wildman–Crippen MR) is 34.2 cm³/mol. The van der Waals surface area contributed by atoms with Crippen LogP contribution < -0.4 is 5.34 Å². The molecule has 0 spiro atoms. The second kappa shape index (κ2) is 2.51. The Balaban J connectivity index is 2.22. The molecule has 3 heteroatoms. The molecule has 2 radical (unpaired) electrons. The minimum atomic E-state index is 0.811. The largest absolute Gasteiger partial charge is 0.308 e. The van der Waals surface area contributed by atoms with Crippen molar-refractivity contribution in [2.75, 3.05) is 13.1 Å². The Morgan fingerprint density at radius 3 is 2.75 bits per heavy atom. The molecule has 1 unspecified atom stereocenters. The summed E-state index contributed by atoms with van der Waals surface area (Å²) < 4.78 is 0.